The summed E-state index contributed by atoms with van der Waals surface area (Å²) in [4.78, 5) is 31.0. The lowest BCUT2D eigenvalue weighted by molar-refractivity contribution is 0.0602. The molecule has 1 fully saturated rings. The maximum atomic E-state index is 12.0. The number of amides is 1. The van der Waals surface area contributed by atoms with E-state index in [4.69, 9.17) is 9.47 Å². The first-order valence-electron chi connectivity index (χ1n) is 8.52. The van der Waals surface area contributed by atoms with Gasteiger partial charge < -0.3 is 19.4 Å². The molecular formula is C18H21N3O4. The van der Waals surface area contributed by atoms with E-state index in [2.05, 4.69) is 9.88 Å². The van der Waals surface area contributed by atoms with E-state index >= 15 is 0 Å². The molecule has 1 N–H and O–H groups in total. The summed E-state index contributed by atoms with van der Waals surface area (Å²) in [5.74, 6) is -0.325. The molecule has 2 aromatic rings. The summed E-state index contributed by atoms with van der Waals surface area (Å²) in [5.41, 5.74) is 3.84. The zero-order valence-electron chi connectivity index (χ0n) is 14.2. The fourth-order valence-electron chi connectivity index (χ4n) is 3.66. The van der Waals surface area contributed by atoms with Crippen molar-refractivity contribution in [3.63, 3.8) is 0 Å². The molecule has 1 aromatic heterocycles. The summed E-state index contributed by atoms with van der Waals surface area (Å²) in [6, 6.07) is 5.72. The van der Waals surface area contributed by atoms with E-state index in [-0.39, 0.29) is 12.1 Å². The minimum absolute atomic E-state index is 0.215. The average molecular weight is 343 g/mol. The Bertz CT molecular complexity index is 829. The second-order valence-electron chi connectivity index (χ2n) is 6.43. The molecule has 0 spiro atoms. The van der Waals surface area contributed by atoms with E-state index in [1.54, 1.807) is 11.0 Å². The predicted octanol–water partition coefficient (Wildman–Crippen LogP) is 1.76. The number of ether oxygens (including phenoxy) is 2. The molecular weight excluding hydrogens is 322 g/mol. The number of carbonyl (C=O) groups is 2. The normalized spacial score (nSPS) is 17.6. The fourth-order valence-corrected chi connectivity index (χ4v) is 3.66. The van der Waals surface area contributed by atoms with Gasteiger partial charge in [-0.05, 0) is 11.6 Å². The Morgan fingerprint density at radius 3 is 2.96 bits per heavy atom. The van der Waals surface area contributed by atoms with Crippen molar-refractivity contribution in [1.29, 1.82) is 0 Å². The van der Waals surface area contributed by atoms with Gasteiger partial charge >= 0.3 is 12.1 Å². The smallest absolute Gasteiger partial charge is 0.409 e. The standard InChI is InChI=1S/C18H21N3O4/c1-24-17(22)13-4-2-3-12-14-11-20(6-5-15(14)19-16(12)13)7-8-21-9-10-25-18(21)23/h2-4,19H,5-11H2,1H3. The number of rotatable bonds is 4. The number of hydrogen-bond donors (Lipinski definition) is 1. The Morgan fingerprint density at radius 1 is 1.32 bits per heavy atom. The minimum Gasteiger partial charge on any atom is -0.465 e. The topological polar surface area (TPSA) is 74.9 Å². The summed E-state index contributed by atoms with van der Waals surface area (Å²) < 4.78 is 9.86. The maximum absolute atomic E-state index is 12.0. The predicted molar refractivity (Wildman–Crippen MR) is 91.5 cm³/mol. The van der Waals surface area contributed by atoms with Gasteiger partial charge in [-0.15, -0.1) is 0 Å². The van der Waals surface area contributed by atoms with E-state index in [0.717, 1.165) is 37.0 Å². The van der Waals surface area contributed by atoms with Gasteiger partial charge in [0.1, 0.15) is 6.61 Å². The van der Waals surface area contributed by atoms with Crippen LogP contribution in [0.25, 0.3) is 10.9 Å². The molecule has 0 saturated carbocycles. The average Bonchev–Trinajstić information content (AvgIpc) is 3.21. The maximum Gasteiger partial charge on any atom is 0.409 e. The van der Waals surface area contributed by atoms with Gasteiger partial charge in [0, 0.05) is 43.7 Å². The number of benzene rings is 1. The monoisotopic (exact) mass is 343 g/mol. The van der Waals surface area contributed by atoms with Gasteiger partial charge in [0.05, 0.1) is 24.7 Å². The summed E-state index contributed by atoms with van der Waals surface area (Å²) in [5, 5.41) is 1.07. The third-order valence-corrected chi connectivity index (χ3v) is 5.03. The number of carbonyl (C=O) groups excluding carboxylic acids is 2. The van der Waals surface area contributed by atoms with Gasteiger partial charge in [-0.1, -0.05) is 12.1 Å². The van der Waals surface area contributed by atoms with Gasteiger partial charge in [-0.2, -0.15) is 0 Å². The lowest BCUT2D eigenvalue weighted by Crippen LogP contribution is -2.38. The first kappa shape index (κ1) is 16.0. The molecule has 1 saturated heterocycles. The molecule has 1 aromatic carbocycles. The van der Waals surface area contributed by atoms with Gasteiger partial charge in [0.15, 0.2) is 0 Å². The highest BCUT2D eigenvalue weighted by Gasteiger charge is 2.25. The van der Waals surface area contributed by atoms with Gasteiger partial charge in [0.25, 0.3) is 0 Å². The van der Waals surface area contributed by atoms with E-state index in [1.165, 1.54) is 18.4 Å². The summed E-state index contributed by atoms with van der Waals surface area (Å²) in [6.45, 7) is 4.40. The van der Waals surface area contributed by atoms with Crippen LogP contribution in [0.1, 0.15) is 21.6 Å². The number of hydrogen-bond acceptors (Lipinski definition) is 5. The quantitative estimate of drug-likeness (QED) is 0.857. The van der Waals surface area contributed by atoms with E-state index in [1.807, 2.05) is 12.1 Å². The lowest BCUT2D eigenvalue weighted by atomic mass is 10.0. The fraction of sp³-hybridized carbons (Fsp3) is 0.444. The molecule has 2 aliphatic rings. The molecule has 0 aliphatic carbocycles. The van der Waals surface area contributed by atoms with Crippen molar-refractivity contribution in [2.24, 2.45) is 0 Å². The van der Waals surface area contributed by atoms with Gasteiger partial charge in [0.2, 0.25) is 0 Å². The number of esters is 1. The third kappa shape index (κ3) is 2.84. The number of methoxy groups -OCH3 is 1. The van der Waals surface area contributed by atoms with Crippen LogP contribution in [-0.2, 0) is 22.4 Å². The molecule has 1 amide bonds. The van der Waals surface area contributed by atoms with Crippen LogP contribution in [0.2, 0.25) is 0 Å². The van der Waals surface area contributed by atoms with Crippen molar-refractivity contribution in [2.45, 2.75) is 13.0 Å². The number of H-pyrrole nitrogens is 1. The lowest BCUT2D eigenvalue weighted by Gasteiger charge is -2.28. The Morgan fingerprint density at radius 2 is 2.20 bits per heavy atom. The number of aromatic nitrogens is 1. The Hall–Kier alpha value is -2.54. The summed E-state index contributed by atoms with van der Waals surface area (Å²) in [6.07, 6.45) is 0.683. The number of aromatic amines is 1. The molecule has 0 radical (unpaired) electrons. The Labute approximate surface area is 145 Å². The molecule has 25 heavy (non-hydrogen) atoms. The van der Waals surface area contributed by atoms with Crippen LogP contribution in [0.4, 0.5) is 4.79 Å². The van der Waals surface area contributed by atoms with E-state index in [9.17, 15) is 9.59 Å². The van der Waals surface area contributed by atoms with Crippen molar-refractivity contribution in [1.82, 2.24) is 14.8 Å². The summed E-state index contributed by atoms with van der Waals surface area (Å²) >= 11 is 0. The molecule has 4 rings (SSSR count). The Kier molecular flexibility index (Phi) is 4.09. The second-order valence-corrected chi connectivity index (χ2v) is 6.43. The minimum atomic E-state index is -0.325. The number of nitrogens with one attached hydrogen (secondary N) is 1. The van der Waals surface area contributed by atoms with E-state index in [0.29, 0.717) is 25.3 Å². The van der Waals surface area contributed by atoms with Crippen LogP contribution >= 0.6 is 0 Å². The molecule has 0 atom stereocenters. The zero-order valence-corrected chi connectivity index (χ0v) is 14.2. The Balaban J connectivity index is 1.54. The highest BCUT2D eigenvalue weighted by molar-refractivity contribution is 6.04. The molecule has 0 bridgehead atoms. The van der Waals surface area contributed by atoms with Crippen molar-refractivity contribution < 1.29 is 19.1 Å². The highest BCUT2D eigenvalue weighted by atomic mass is 16.6. The number of fused-ring (bicyclic) bond motifs is 3. The van der Waals surface area contributed by atoms with Crippen LogP contribution in [0.5, 0.6) is 0 Å². The molecule has 7 nitrogen and oxygen atoms in total. The first-order valence-corrected chi connectivity index (χ1v) is 8.52. The zero-order chi connectivity index (χ0) is 17.4. The summed E-state index contributed by atoms with van der Waals surface area (Å²) in [7, 11) is 1.40. The van der Waals surface area contributed by atoms with Crippen molar-refractivity contribution >= 4 is 23.0 Å². The van der Waals surface area contributed by atoms with Crippen LogP contribution in [0.3, 0.4) is 0 Å². The van der Waals surface area contributed by atoms with Gasteiger partial charge in [-0.25, -0.2) is 9.59 Å². The highest BCUT2D eigenvalue weighted by Crippen LogP contribution is 2.30. The molecule has 7 heteroatoms. The van der Waals surface area contributed by atoms with E-state index < -0.39 is 0 Å². The van der Waals surface area contributed by atoms with Crippen LogP contribution in [0, 0.1) is 0 Å². The molecule has 132 valence electrons. The van der Waals surface area contributed by atoms with Crippen LogP contribution < -0.4 is 0 Å². The number of para-hydroxylation sites is 1. The van der Waals surface area contributed by atoms with Crippen molar-refractivity contribution in [2.75, 3.05) is 39.9 Å². The molecule has 2 aliphatic heterocycles. The van der Waals surface area contributed by atoms with Crippen LogP contribution in [0.15, 0.2) is 18.2 Å². The second kappa shape index (κ2) is 6.40. The third-order valence-electron chi connectivity index (χ3n) is 5.03. The molecule has 0 unspecified atom stereocenters. The number of cyclic esters (lactones) is 1. The van der Waals surface area contributed by atoms with Gasteiger partial charge in [-0.3, -0.25) is 4.90 Å². The SMILES string of the molecule is COC(=O)c1cccc2c3c([nH]c12)CCN(CCN1CCOC1=O)C3. The number of nitrogens with zero attached hydrogens (tertiary/aromatic N) is 2. The molecule has 3 heterocycles. The van der Waals surface area contributed by atoms with Crippen molar-refractivity contribution in [3.8, 4) is 0 Å². The van der Waals surface area contributed by atoms with Crippen molar-refractivity contribution in [3.05, 3.63) is 35.0 Å². The van der Waals surface area contributed by atoms with Crippen LogP contribution in [-0.4, -0.2) is 66.7 Å². The first-order chi connectivity index (χ1) is 12.2. The largest absolute Gasteiger partial charge is 0.465 e.